The fraction of sp³-hybridized carbons (Fsp3) is 0.217. The second-order valence-electron chi connectivity index (χ2n) is 7.34. The molecule has 0 saturated carbocycles. The van der Waals surface area contributed by atoms with Crippen molar-refractivity contribution in [3.63, 3.8) is 0 Å². The van der Waals surface area contributed by atoms with E-state index in [1.807, 2.05) is 6.07 Å². The zero-order valence-electron chi connectivity index (χ0n) is 16.0. The Labute approximate surface area is 172 Å². The monoisotopic (exact) mass is 408 g/mol. The summed E-state index contributed by atoms with van der Waals surface area (Å²) in [4.78, 5) is 26.9. The van der Waals surface area contributed by atoms with Crippen LogP contribution in [0.5, 0.6) is 0 Å². The van der Waals surface area contributed by atoms with Gasteiger partial charge in [0.15, 0.2) is 0 Å². The first-order valence-electron chi connectivity index (χ1n) is 9.59. The number of benzene rings is 2. The Kier molecular flexibility index (Phi) is 5.45. The molecule has 6 heteroatoms. The fourth-order valence-electron chi connectivity index (χ4n) is 3.57. The number of nitrogens with one attached hydrogen (secondary N) is 2. The van der Waals surface area contributed by atoms with Crippen molar-refractivity contribution in [1.29, 1.82) is 0 Å². The summed E-state index contributed by atoms with van der Waals surface area (Å²) in [7, 11) is 0. The second-order valence-corrected chi connectivity index (χ2v) is 8.44. The van der Waals surface area contributed by atoms with E-state index < -0.39 is 0 Å². The highest BCUT2D eigenvalue weighted by molar-refractivity contribution is 7.17. The normalized spacial score (nSPS) is 15.4. The number of amides is 2. The minimum Gasteiger partial charge on any atom is -0.322 e. The van der Waals surface area contributed by atoms with Crippen molar-refractivity contribution >= 4 is 33.8 Å². The van der Waals surface area contributed by atoms with Gasteiger partial charge >= 0.3 is 0 Å². The van der Waals surface area contributed by atoms with Crippen LogP contribution in [0.15, 0.2) is 54.6 Å². The van der Waals surface area contributed by atoms with Crippen LogP contribution >= 0.6 is 11.3 Å². The van der Waals surface area contributed by atoms with E-state index in [4.69, 9.17) is 0 Å². The van der Waals surface area contributed by atoms with Crippen LogP contribution in [0.3, 0.4) is 0 Å². The first-order chi connectivity index (χ1) is 14.0. The Balaban J connectivity index is 1.66. The first-order valence-corrected chi connectivity index (χ1v) is 10.4. The number of hydrogen-bond acceptors (Lipinski definition) is 3. The highest BCUT2D eigenvalue weighted by Crippen LogP contribution is 2.40. The molecular weight excluding hydrogens is 387 g/mol. The molecule has 3 aromatic rings. The van der Waals surface area contributed by atoms with Gasteiger partial charge in [-0.05, 0) is 67.1 Å². The minimum atomic E-state index is -0.360. The molecule has 0 radical (unpaired) electrons. The summed E-state index contributed by atoms with van der Waals surface area (Å²) in [6, 6.07) is 14.6. The zero-order valence-corrected chi connectivity index (χ0v) is 16.8. The van der Waals surface area contributed by atoms with E-state index in [9.17, 15) is 14.0 Å². The average Bonchev–Trinajstić information content (AvgIpc) is 3.07. The summed E-state index contributed by atoms with van der Waals surface area (Å²) in [6.07, 6.45) is 2.71. The standard InChI is InChI=1S/C23H21FN2O2S/c1-14-7-12-18-19(13-14)29-23(26-21(27)15-5-3-2-4-6-15)20(18)22(28)25-17-10-8-16(24)9-11-17/h2-6,8-11,14H,7,12-13H2,1H3,(H,25,28)(H,26,27)/t14-/m0/s1. The molecule has 1 atom stereocenters. The van der Waals surface area contributed by atoms with Crippen molar-refractivity contribution in [3.05, 3.63) is 82.0 Å². The second kappa shape index (κ2) is 8.17. The Morgan fingerprint density at radius 1 is 1.00 bits per heavy atom. The van der Waals surface area contributed by atoms with Gasteiger partial charge in [-0.1, -0.05) is 25.1 Å². The number of anilines is 2. The van der Waals surface area contributed by atoms with Crippen LogP contribution < -0.4 is 10.6 Å². The van der Waals surface area contributed by atoms with Crippen LogP contribution in [0.2, 0.25) is 0 Å². The van der Waals surface area contributed by atoms with Gasteiger partial charge in [0.25, 0.3) is 11.8 Å². The Bertz CT molecular complexity index is 1040. The van der Waals surface area contributed by atoms with Crippen LogP contribution in [-0.4, -0.2) is 11.8 Å². The highest BCUT2D eigenvalue weighted by atomic mass is 32.1. The lowest BCUT2D eigenvalue weighted by atomic mass is 9.88. The van der Waals surface area contributed by atoms with Crippen LogP contribution in [0.1, 0.15) is 44.5 Å². The third kappa shape index (κ3) is 4.22. The molecule has 0 spiro atoms. The van der Waals surface area contributed by atoms with Gasteiger partial charge in [0.2, 0.25) is 0 Å². The largest absolute Gasteiger partial charge is 0.322 e. The molecule has 1 heterocycles. The average molecular weight is 408 g/mol. The van der Waals surface area contributed by atoms with E-state index in [0.29, 0.717) is 27.7 Å². The predicted molar refractivity (Wildman–Crippen MR) is 114 cm³/mol. The molecule has 2 aromatic carbocycles. The van der Waals surface area contributed by atoms with E-state index in [2.05, 4.69) is 17.6 Å². The van der Waals surface area contributed by atoms with Crippen LogP contribution in [0.25, 0.3) is 0 Å². The predicted octanol–water partition coefficient (Wildman–Crippen LogP) is 5.52. The molecule has 0 unspecified atom stereocenters. The van der Waals surface area contributed by atoms with Gasteiger partial charge < -0.3 is 10.6 Å². The van der Waals surface area contributed by atoms with Crippen LogP contribution in [0.4, 0.5) is 15.1 Å². The Hall–Kier alpha value is -2.99. The number of carbonyl (C=O) groups is 2. The van der Waals surface area contributed by atoms with Crippen LogP contribution in [-0.2, 0) is 12.8 Å². The molecule has 4 rings (SSSR count). The number of hydrogen-bond donors (Lipinski definition) is 2. The summed E-state index contributed by atoms with van der Waals surface area (Å²) in [5.74, 6) is -0.340. The van der Waals surface area contributed by atoms with E-state index in [-0.39, 0.29) is 17.6 Å². The van der Waals surface area contributed by atoms with Gasteiger partial charge in [0.05, 0.1) is 5.56 Å². The van der Waals surface area contributed by atoms with E-state index in [1.54, 1.807) is 24.3 Å². The summed E-state index contributed by atoms with van der Waals surface area (Å²) >= 11 is 1.48. The Morgan fingerprint density at radius 3 is 2.45 bits per heavy atom. The summed E-state index contributed by atoms with van der Waals surface area (Å²) in [5, 5.41) is 6.34. The highest BCUT2D eigenvalue weighted by Gasteiger charge is 2.28. The van der Waals surface area contributed by atoms with Crippen molar-refractivity contribution in [2.45, 2.75) is 26.2 Å². The van der Waals surface area contributed by atoms with Gasteiger partial charge in [-0.15, -0.1) is 11.3 Å². The van der Waals surface area contributed by atoms with Gasteiger partial charge in [-0.25, -0.2) is 4.39 Å². The molecule has 1 aliphatic carbocycles. The lowest BCUT2D eigenvalue weighted by Gasteiger charge is -2.18. The zero-order chi connectivity index (χ0) is 20.4. The SMILES string of the molecule is C[C@H]1CCc2c(sc(NC(=O)c3ccccc3)c2C(=O)Nc2ccc(F)cc2)C1. The van der Waals surface area contributed by atoms with Crippen LogP contribution in [0, 0.1) is 11.7 Å². The maximum Gasteiger partial charge on any atom is 0.258 e. The molecule has 1 aromatic heterocycles. The lowest BCUT2D eigenvalue weighted by molar-refractivity contribution is 0.102. The summed E-state index contributed by atoms with van der Waals surface area (Å²) in [6.45, 7) is 2.20. The fourth-order valence-corrected chi connectivity index (χ4v) is 4.97. The first kappa shape index (κ1) is 19.3. The Morgan fingerprint density at radius 2 is 1.72 bits per heavy atom. The number of thiophene rings is 1. The molecule has 148 valence electrons. The van der Waals surface area contributed by atoms with Crippen molar-refractivity contribution in [2.24, 2.45) is 5.92 Å². The van der Waals surface area contributed by atoms with Crippen molar-refractivity contribution in [2.75, 3.05) is 10.6 Å². The van der Waals surface area contributed by atoms with Gasteiger partial charge in [0, 0.05) is 16.1 Å². The molecule has 1 aliphatic rings. The number of fused-ring (bicyclic) bond motifs is 1. The van der Waals surface area contributed by atoms with E-state index >= 15 is 0 Å². The van der Waals surface area contributed by atoms with Crippen molar-refractivity contribution in [1.82, 2.24) is 0 Å². The third-order valence-corrected chi connectivity index (χ3v) is 6.27. The molecule has 4 nitrogen and oxygen atoms in total. The van der Waals surface area contributed by atoms with E-state index in [0.717, 1.165) is 29.7 Å². The minimum absolute atomic E-state index is 0.243. The number of rotatable bonds is 4. The van der Waals surface area contributed by atoms with Gasteiger partial charge in [-0.3, -0.25) is 9.59 Å². The maximum absolute atomic E-state index is 13.2. The molecule has 0 aliphatic heterocycles. The van der Waals surface area contributed by atoms with Gasteiger partial charge in [-0.2, -0.15) is 0 Å². The maximum atomic E-state index is 13.2. The molecule has 2 N–H and O–H groups in total. The van der Waals surface area contributed by atoms with Gasteiger partial charge in [0.1, 0.15) is 10.8 Å². The lowest BCUT2D eigenvalue weighted by Crippen LogP contribution is -2.19. The van der Waals surface area contributed by atoms with E-state index in [1.165, 1.54) is 35.6 Å². The molecular formula is C23H21FN2O2S. The summed E-state index contributed by atoms with van der Waals surface area (Å²) < 4.78 is 13.2. The molecule has 2 amide bonds. The molecule has 0 saturated heterocycles. The smallest absolute Gasteiger partial charge is 0.258 e. The molecule has 0 fully saturated rings. The summed E-state index contributed by atoms with van der Waals surface area (Å²) in [5.41, 5.74) is 2.58. The number of carbonyl (C=O) groups excluding carboxylic acids is 2. The quantitative estimate of drug-likeness (QED) is 0.597. The molecule has 0 bridgehead atoms. The number of halogens is 1. The topological polar surface area (TPSA) is 58.2 Å². The molecule has 29 heavy (non-hydrogen) atoms. The van der Waals surface area contributed by atoms with Crippen molar-refractivity contribution in [3.8, 4) is 0 Å². The van der Waals surface area contributed by atoms with Crippen molar-refractivity contribution < 1.29 is 14.0 Å². The third-order valence-electron chi connectivity index (χ3n) is 5.10.